The summed E-state index contributed by atoms with van der Waals surface area (Å²) in [6.07, 6.45) is 0. The van der Waals surface area contributed by atoms with Crippen LogP contribution in [0.1, 0.15) is 31.1 Å². The number of nitrogens with one attached hydrogen (secondary N) is 1. The van der Waals surface area contributed by atoms with Crippen LogP contribution in [0.2, 0.25) is 0 Å². The molecule has 0 saturated carbocycles. The minimum Gasteiger partial charge on any atom is -0.345 e. The Bertz CT molecular complexity index is 458. The van der Waals surface area contributed by atoms with E-state index in [4.69, 9.17) is 5.73 Å². The summed E-state index contributed by atoms with van der Waals surface area (Å²) in [7, 11) is 0. The van der Waals surface area contributed by atoms with E-state index in [-0.39, 0.29) is 16.8 Å². The molecule has 1 aromatic heterocycles. The first-order valence-corrected chi connectivity index (χ1v) is 6.43. The van der Waals surface area contributed by atoms with Crippen LogP contribution in [0.3, 0.4) is 0 Å². The van der Waals surface area contributed by atoms with E-state index in [0.29, 0.717) is 12.1 Å². The van der Waals surface area contributed by atoms with Crippen LogP contribution in [-0.4, -0.2) is 22.9 Å². The van der Waals surface area contributed by atoms with Gasteiger partial charge in [-0.1, -0.05) is 25.2 Å². The van der Waals surface area contributed by atoms with Gasteiger partial charge in [0.05, 0.1) is 16.0 Å². The Morgan fingerprint density at radius 1 is 1.67 bits per heavy atom. The second kappa shape index (κ2) is 5.45. The Morgan fingerprint density at radius 2 is 2.28 bits per heavy atom. The van der Waals surface area contributed by atoms with Crippen LogP contribution >= 0.6 is 11.3 Å². The molecule has 100 valence electrons. The van der Waals surface area contributed by atoms with Crippen LogP contribution in [-0.2, 0) is 0 Å². The second-order valence-electron chi connectivity index (χ2n) is 4.66. The van der Waals surface area contributed by atoms with Crippen LogP contribution in [0.5, 0.6) is 0 Å². The van der Waals surface area contributed by atoms with E-state index in [1.165, 1.54) is 11.4 Å². The number of carbonyl (C=O) groups is 1. The quantitative estimate of drug-likeness (QED) is 0.629. The number of thiophene rings is 1. The van der Waals surface area contributed by atoms with Gasteiger partial charge in [-0.2, -0.15) is 0 Å². The fourth-order valence-electron chi connectivity index (χ4n) is 1.30. The predicted molar refractivity (Wildman–Crippen MR) is 70.7 cm³/mol. The van der Waals surface area contributed by atoms with Gasteiger partial charge in [-0.3, -0.25) is 14.9 Å². The topological polar surface area (TPSA) is 98.3 Å². The summed E-state index contributed by atoms with van der Waals surface area (Å²) in [5.41, 5.74) is 5.45. The lowest BCUT2D eigenvalue weighted by atomic mass is 9.88. The van der Waals surface area contributed by atoms with Crippen LogP contribution in [0.25, 0.3) is 0 Å². The van der Waals surface area contributed by atoms with Gasteiger partial charge in [-0.25, -0.2) is 0 Å². The summed E-state index contributed by atoms with van der Waals surface area (Å²) in [6, 6.07) is 1.28. The molecular formula is C11H17N3O3S. The Morgan fingerprint density at radius 3 is 2.67 bits per heavy atom. The van der Waals surface area contributed by atoms with Crippen LogP contribution in [0, 0.1) is 16.0 Å². The van der Waals surface area contributed by atoms with Crippen molar-refractivity contribution >= 4 is 22.2 Å². The summed E-state index contributed by atoms with van der Waals surface area (Å²) < 4.78 is 0. The first-order chi connectivity index (χ1) is 8.30. The van der Waals surface area contributed by atoms with Gasteiger partial charge >= 0.3 is 5.00 Å². The van der Waals surface area contributed by atoms with Gasteiger partial charge in [0, 0.05) is 18.0 Å². The third-order valence-corrected chi connectivity index (χ3v) is 4.01. The summed E-state index contributed by atoms with van der Waals surface area (Å²) >= 11 is 0.937. The number of hydrogen-bond acceptors (Lipinski definition) is 5. The van der Waals surface area contributed by atoms with Crippen molar-refractivity contribution in [2.24, 2.45) is 11.7 Å². The van der Waals surface area contributed by atoms with Gasteiger partial charge < -0.3 is 11.1 Å². The second-order valence-corrected chi connectivity index (χ2v) is 5.55. The van der Waals surface area contributed by atoms with Crippen LogP contribution in [0.4, 0.5) is 5.00 Å². The van der Waals surface area contributed by atoms with Gasteiger partial charge in [0.15, 0.2) is 0 Å². The molecule has 0 spiro atoms. The molecule has 1 heterocycles. The van der Waals surface area contributed by atoms with E-state index in [1.54, 1.807) is 0 Å². The molecule has 0 saturated heterocycles. The van der Waals surface area contributed by atoms with Crippen LogP contribution < -0.4 is 11.1 Å². The summed E-state index contributed by atoms with van der Waals surface area (Å²) in [6.45, 7) is 6.09. The first-order valence-electron chi connectivity index (χ1n) is 5.55. The van der Waals surface area contributed by atoms with Gasteiger partial charge in [-0.15, -0.1) is 0 Å². The van der Waals surface area contributed by atoms with Crippen molar-refractivity contribution in [2.75, 3.05) is 6.54 Å². The minimum absolute atomic E-state index is 0.0425. The molecule has 0 fully saturated rings. The number of hydrogen-bond donors (Lipinski definition) is 2. The molecule has 7 heteroatoms. The molecule has 0 aliphatic rings. The zero-order chi connectivity index (χ0) is 13.9. The smallest absolute Gasteiger partial charge is 0.324 e. The molecule has 3 N–H and O–H groups in total. The molecule has 0 radical (unpaired) electrons. The van der Waals surface area contributed by atoms with Gasteiger partial charge in [0.25, 0.3) is 5.91 Å². The number of carbonyl (C=O) groups excluding carboxylic acids is 1. The molecule has 1 amide bonds. The van der Waals surface area contributed by atoms with Crippen molar-refractivity contribution < 1.29 is 9.72 Å². The van der Waals surface area contributed by atoms with Gasteiger partial charge in [0.1, 0.15) is 0 Å². The molecule has 1 aromatic rings. The molecule has 0 aliphatic carbocycles. The van der Waals surface area contributed by atoms with E-state index >= 15 is 0 Å². The Labute approximate surface area is 109 Å². The van der Waals surface area contributed by atoms with Crippen molar-refractivity contribution in [2.45, 2.75) is 26.3 Å². The zero-order valence-electron chi connectivity index (χ0n) is 10.6. The summed E-state index contributed by atoms with van der Waals surface area (Å²) in [5, 5.41) is 14.8. The number of rotatable bonds is 5. The lowest BCUT2D eigenvalue weighted by Gasteiger charge is -2.33. The maximum Gasteiger partial charge on any atom is 0.324 e. The maximum absolute atomic E-state index is 12.0. The van der Waals surface area contributed by atoms with E-state index < -0.39 is 10.5 Å². The highest BCUT2D eigenvalue weighted by atomic mass is 32.1. The van der Waals surface area contributed by atoms with Crippen molar-refractivity contribution in [3.63, 3.8) is 0 Å². The van der Waals surface area contributed by atoms with Gasteiger partial charge in [-0.05, 0) is 12.8 Å². The highest BCUT2D eigenvalue weighted by molar-refractivity contribution is 7.13. The molecular weight excluding hydrogens is 254 g/mol. The fraction of sp³-hybridized carbons (Fsp3) is 0.545. The van der Waals surface area contributed by atoms with Gasteiger partial charge in [0.2, 0.25) is 0 Å². The van der Waals surface area contributed by atoms with E-state index in [0.717, 1.165) is 11.3 Å². The zero-order valence-corrected chi connectivity index (χ0v) is 11.4. The number of amides is 1. The fourth-order valence-corrected chi connectivity index (χ4v) is 2.01. The molecule has 0 bridgehead atoms. The summed E-state index contributed by atoms with van der Waals surface area (Å²) in [5.74, 6) is -0.166. The first kappa shape index (κ1) is 14.6. The third-order valence-electron chi connectivity index (χ3n) is 3.13. The third kappa shape index (κ3) is 3.05. The predicted octanol–water partition coefficient (Wildman–Crippen LogP) is 1.76. The molecule has 6 nitrogen and oxygen atoms in total. The number of nitro groups is 1. The molecule has 1 atom stereocenters. The highest BCUT2D eigenvalue weighted by Gasteiger charge is 2.29. The number of nitrogens with two attached hydrogens (primary N) is 1. The Kier molecular flexibility index (Phi) is 4.42. The van der Waals surface area contributed by atoms with Crippen LogP contribution in [0.15, 0.2) is 11.4 Å². The van der Waals surface area contributed by atoms with E-state index in [2.05, 4.69) is 5.32 Å². The average Bonchev–Trinajstić information content (AvgIpc) is 2.77. The standard InChI is InChI=1S/C11H17N3O3S/c1-7(2)11(3,6-12)13-10(15)8-4-9(14(16)17)18-5-8/h4-5,7H,6,12H2,1-3H3,(H,13,15). The number of nitrogens with zero attached hydrogens (tertiary/aromatic N) is 1. The van der Waals surface area contributed by atoms with E-state index in [1.807, 2.05) is 20.8 Å². The largest absolute Gasteiger partial charge is 0.345 e. The molecule has 0 aliphatic heterocycles. The monoisotopic (exact) mass is 271 g/mol. The normalized spacial score (nSPS) is 14.3. The average molecular weight is 271 g/mol. The van der Waals surface area contributed by atoms with Crippen molar-refractivity contribution in [3.8, 4) is 0 Å². The highest BCUT2D eigenvalue weighted by Crippen LogP contribution is 2.23. The molecule has 1 rings (SSSR count). The van der Waals surface area contributed by atoms with Crippen molar-refractivity contribution in [1.82, 2.24) is 5.32 Å². The molecule has 1 unspecified atom stereocenters. The summed E-state index contributed by atoms with van der Waals surface area (Å²) in [4.78, 5) is 22.0. The van der Waals surface area contributed by atoms with E-state index in [9.17, 15) is 14.9 Å². The SMILES string of the molecule is CC(C)C(C)(CN)NC(=O)c1csc([N+](=O)[O-])c1. The van der Waals surface area contributed by atoms with Crippen molar-refractivity contribution in [3.05, 3.63) is 27.1 Å². The lowest BCUT2D eigenvalue weighted by molar-refractivity contribution is -0.380. The Balaban J connectivity index is 2.84. The van der Waals surface area contributed by atoms with Crippen molar-refractivity contribution in [1.29, 1.82) is 0 Å². The minimum atomic E-state index is -0.520. The molecule has 0 aromatic carbocycles. The maximum atomic E-state index is 12.0. The lowest BCUT2D eigenvalue weighted by Crippen LogP contribution is -2.54. The Hall–Kier alpha value is -1.47. The molecule has 18 heavy (non-hydrogen) atoms.